The van der Waals surface area contributed by atoms with E-state index in [0.29, 0.717) is 0 Å². The first-order chi connectivity index (χ1) is 8.54. The summed E-state index contributed by atoms with van der Waals surface area (Å²) in [6.07, 6.45) is 1.87. The molecule has 1 heterocycles. The van der Waals surface area contributed by atoms with Gasteiger partial charge in [-0.3, -0.25) is 9.78 Å². The molecular formula is C14H17N3O. The fourth-order valence-electron chi connectivity index (χ4n) is 1.90. The summed E-state index contributed by atoms with van der Waals surface area (Å²) in [5, 5.41) is 3.84. The second-order valence-corrected chi connectivity index (χ2v) is 4.67. The smallest absolute Gasteiger partial charge is 0.221 e. The second kappa shape index (κ2) is 5.14. The number of anilines is 1. The average Bonchev–Trinajstić information content (AvgIpc) is 2.27. The zero-order chi connectivity index (χ0) is 13.1. The van der Waals surface area contributed by atoms with E-state index in [-0.39, 0.29) is 5.91 Å². The number of hydrogen-bond donors (Lipinski definition) is 1. The first-order valence-electron chi connectivity index (χ1n) is 5.85. The van der Waals surface area contributed by atoms with Crippen LogP contribution in [0.2, 0.25) is 0 Å². The molecule has 0 bridgehead atoms. The first kappa shape index (κ1) is 12.5. The lowest BCUT2D eigenvalue weighted by atomic mass is 10.1. The van der Waals surface area contributed by atoms with Crippen LogP contribution in [-0.4, -0.2) is 29.9 Å². The zero-order valence-corrected chi connectivity index (χ0v) is 10.9. The van der Waals surface area contributed by atoms with Gasteiger partial charge in [0.25, 0.3) is 0 Å². The van der Waals surface area contributed by atoms with Crippen molar-refractivity contribution in [3.63, 3.8) is 0 Å². The Morgan fingerprint density at radius 2 is 2.11 bits per heavy atom. The van der Waals surface area contributed by atoms with E-state index >= 15 is 0 Å². The Morgan fingerprint density at radius 3 is 2.78 bits per heavy atom. The van der Waals surface area contributed by atoms with Gasteiger partial charge in [0.1, 0.15) is 0 Å². The van der Waals surface area contributed by atoms with E-state index in [0.717, 1.165) is 23.1 Å². The highest BCUT2D eigenvalue weighted by molar-refractivity contribution is 5.92. The minimum Gasteiger partial charge on any atom is -0.326 e. The topological polar surface area (TPSA) is 45.2 Å². The monoisotopic (exact) mass is 243 g/mol. The van der Waals surface area contributed by atoms with Crippen molar-refractivity contribution in [1.29, 1.82) is 0 Å². The van der Waals surface area contributed by atoms with Gasteiger partial charge in [-0.25, -0.2) is 0 Å². The molecule has 94 valence electrons. The number of carbonyl (C=O) groups excluding carboxylic acids is 1. The summed E-state index contributed by atoms with van der Waals surface area (Å²) < 4.78 is 0. The lowest BCUT2D eigenvalue weighted by Gasteiger charge is -2.10. The molecule has 2 aromatic rings. The van der Waals surface area contributed by atoms with E-state index < -0.39 is 0 Å². The number of aromatic nitrogens is 1. The van der Waals surface area contributed by atoms with Crippen molar-refractivity contribution in [3.8, 4) is 0 Å². The van der Waals surface area contributed by atoms with Crippen LogP contribution in [0.1, 0.15) is 12.5 Å². The largest absolute Gasteiger partial charge is 0.326 e. The Kier molecular flexibility index (Phi) is 3.58. The van der Waals surface area contributed by atoms with Crippen LogP contribution in [-0.2, 0) is 11.3 Å². The molecule has 18 heavy (non-hydrogen) atoms. The van der Waals surface area contributed by atoms with Gasteiger partial charge in [0, 0.05) is 30.7 Å². The van der Waals surface area contributed by atoms with Crippen molar-refractivity contribution in [3.05, 3.63) is 36.0 Å². The number of pyridine rings is 1. The summed E-state index contributed by atoms with van der Waals surface area (Å²) in [5.41, 5.74) is 2.85. The van der Waals surface area contributed by atoms with Gasteiger partial charge in [-0.2, -0.15) is 0 Å². The second-order valence-electron chi connectivity index (χ2n) is 4.67. The van der Waals surface area contributed by atoms with Crippen LogP contribution in [0.15, 0.2) is 30.5 Å². The third-order valence-corrected chi connectivity index (χ3v) is 2.56. The van der Waals surface area contributed by atoms with Gasteiger partial charge in [-0.05, 0) is 37.9 Å². The Labute approximate surface area is 107 Å². The van der Waals surface area contributed by atoms with E-state index in [2.05, 4.69) is 21.3 Å². The number of benzene rings is 1. The minimum atomic E-state index is -0.0708. The maximum atomic E-state index is 11.0. The number of nitrogens with zero attached hydrogens (tertiary/aromatic N) is 2. The van der Waals surface area contributed by atoms with Crippen LogP contribution in [0, 0.1) is 0 Å². The Balaban J connectivity index is 2.32. The molecule has 0 aliphatic heterocycles. The highest BCUT2D eigenvalue weighted by atomic mass is 16.1. The molecule has 0 fully saturated rings. The molecule has 4 heteroatoms. The van der Waals surface area contributed by atoms with Crippen molar-refractivity contribution >= 4 is 22.5 Å². The molecule has 0 unspecified atom stereocenters. The van der Waals surface area contributed by atoms with E-state index in [9.17, 15) is 4.79 Å². The predicted octanol–water partition coefficient (Wildman–Crippen LogP) is 2.25. The molecular weight excluding hydrogens is 226 g/mol. The third-order valence-electron chi connectivity index (χ3n) is 2.56. The molecule has 0 radical (unpaired) electrons. The SMILES string of the molecule is CC(=O)Nc1ccc2cc(CN(C)C)cnc2c1. The van der Waals surface area contributed by atoms with Crippen LogP contribution in [0.5, 0.6) is 0 Å². The molecule has 1 N–H and O–H groups in total. The lowest BCUT2D eigenvalue weighted by molar-refractivity contribution is -0.114. The molecule has 2 rings (SSSR count). The van der Waals surface area contributed by atoms with E-state index in [1.165, 1.54) is 12.5 Å². The third kappa shape index (κ3) is 3.05. The van der Waals surface area contributed by atoms with Gasteiger partial charge in [0.15, 0.2) is 0 Å². The van der Waals surface area contributed by atoms with Crippen molar-refractivity contribution in [2.45, 2.75) is 13.5 Å². The summed E-state index contributed by atoms with van der Waals surface area (Å²) >= 11 is 0. The number of hydrogen-bond acceptors (Lipinski definition) is 3. The Morgan fingerprint density at radius 1 is 1.33 bits per heavy atom. The summed E-state index contributed by atoms with van der Waals surface area (Å²) in [5.74, 6) is -0.0708. The lowest BCUT2D eigenvalue weighted by Crippen LogP contribution is -2.10. The number of carbonyl (C=O) groups is 1. The Hall–Kier alpha value is -1.94. The average molecular weight is 243 g/mol. The van der Waals surface area contributed by atoms with Gasteiger partial charge in [0.2, 0.25) is 5.91 Å². The standard InChI is InChI=1S/C14H17N3O/c1-10(18)16-13-5-4-12-6-11(9-17(2)3)8-15-14(12)7-13/h4-8H,9H2,1-3H3,(H,16,18). The zero-order valence-electron chi connectivity index (χ0n) is 10.9. The van der Waals surface area contributed by atoms with E-state index in [1.807, 2.05) is 38.5 Å². The normalized spacial score (nSPS) is 10.9. The quantitative estimate of drug-likeness (QED) is 0.899. The van der Waals surface area contributed by atoms with Crippen LogP contribution in [0.3, 0.4) is 0 Å². The van der Waals surface area contributed by atoms with Crippen molar-refractivity contribution in [2.75, 3.05) is 19.4 Å². The molecule has 0 spiro atoms. The summed E-state index contributed by atoms with van der Waals surface area (Å²) in [7, 11) is 4.06. The van der Waals surface area contributed by atoms with Crippen LogP contribution in [0.25, 0.3) is 10.9 Å². The van der Waals surface area contributed by atoms with Gasteiger partial charge in [0.05, 0.1) is 5.52 Å². The summed E-state index contributed by atoms with van der Waals surface area (Å²) in [6.45, 7) is 2.37. The molecule has 1 aromatic heterocycles. The fraction of sp³-hybridized carbons (Fsp3) is 0.286. The predicted molar refractivity (Wildman–Crippen MR) is 73.4 cm³/mol. The first-order valence-corrected chi connectivity index (χ1v) is 5.85. The van der Waals surface area contributed by atoms with Gasteiger partial charge in [-0.15, -0.1) is 0 Å². The Bertz CT molecular complexity index is 578. The molecule has 0 saturated heterocycles. The summed E-state index contributed by atoms with van der Waals surface area (Å²) in [4.78, 5) is 17.5. The highest BCUT2D eigenvalue weighted by Gasteiger charge is 2.02. The van der Waals surface area contributed by atoms with Gasteiger partial charge >= 0.3 is 0 Å². The molecule has 4 nitrogen and oxygen atoms in total. The van der Waals surface area contributed by atoms with Crippen molar-refractivity contribution in [1.82, 2.24) is 9.88 Å². The highest BCUT2D eigenvalue weighted by Crippen LogP contribution is 2.18. The fourth-order valence-corrected chi connectivity index (χ4v) is 1.90. The molecule has 1 aromatic carbocycles. The van der Waals surface area contributed by atoms with Crippen molar-refractivity contribution < 1.29 is 4.79 Å². The van der Waals surface area contributed by atoms with E-state index in [4.69, 9.17) is 0 Å². The maximum absolute atomic E-state index is 11.0. The number of rotatable bonds is 3. The molecule has 0 atom stereocenters. The number of amides is 1. The maximum Gasteiger partial charge on any atom is 0.221 e. The minimum absolute atomic E-state index is 0.0708. The van der Waals surface area contributed by atoms with Crippen LogP contribution >= 0.6 is 0 Å². The molecule has 1 amide bonds. The van der Waals surface area contributed by atoms with Gasteiger partial charge < -0.3 is 10.2 Å². The van der Waals surface area contributed by atoms with E-state index in [1.54, 1.807) is 0 Å². The molecule has 0 saturated carbocycles. The van der Waals surface area contributed by atoms with Gasteiger partial charge in [-0.1, -0.05) is 6.07 Å². The number of fused-ring (bicyclic) bond motifs is 1. The molecule has 0 aliphatic carbocycles. The number of nitrogens with one attached hydrogen (secondary N) is 1. The van der Waals surface area contributed by atoms with Crippen LogP contribution < -0.4 is 5.32 Å². The molecule has 0 aliphatic rings. The van der Waals surface area contributed by atoms with Crippen LogP contribution in [0.4, 0.5) is 5.69 Å². The summed E-state index contributed by atoms with van der Waals surface area (Å²) in [6, 6.07) is 7.88. The van der Waals surface area contributed by atoms with Crippen molar-refractivity contribution in [2.24, 2.45) is 0 Å².